The van der Waals surface area contributed by atoms with Gasteiger partial charge in [0.25, 0.3) is 0 Å². The lowest BCUT2D eigenvalue weighted by Crippen LogP contribution is -2.38. The number of amides is 1. The van der Waals surface area contributed by atoms with Gasteiger partial charge in [-0.1, -0.05) is 26.0 Å². The molecular formula is C15H21FN2O. The average Bonchev–Trinajstić information content (AvgIpc) is 2.71. The van der Waals surface area contributed by atoms with E-state index in [2.05, 4.69) is 26.1 Å². The lowest BCUT2D eigenvalue weighted by Gasteiger charge is -2.31. The van der Waals surface area contributed by atoms with Gasteiger partial charge in [0.05, 0.1) is 6.54 Å². The Balaban J connectivity index is 2.19. The maximum absolute atomic E-state index is 13.0. The SMILES string of the molecule is CC(C)CC(C)N1C(=O)CNC1c1ccc(F)cc1. The summed E-state index contributed by atoms with van der Waals surface area (Å²) in [6.45, 7) is 6.72. The Hall–Kier alpha value is -1.42. The van der Waals surface area contributed by atoms with Crippen LogP contribution in [-0.2, 0) is 4.79 Å². The number of halogens is 1. The Morgan fingerprint density at radius 1 is 1.32 bits per heavy atom. The van der Waals surface area contributed by atoms with Crippen molar-refractivity contribution >= 4 is 5.91 Å². The third-order valence-electron chi connectivity index (χ3n) is 3.49. The van der Waals surface area contributed by atoms with E-state index in [1.807, 2.05) is 4.90 Å². The third kappa shape index (κ3) is 3.13. The zero-order valence-electron chi connectivity index (χ0n) is 11.7. The van der Waals surface area contributed by atoms with Crippen LogP contribution in [0.3, 0.4) is 0 Å². The van der Waals surface area contributed by atoms with Crippen LogP contribution in [0.1, 0.15) is 38.9 Å². The molecule has 0 radical (unpaired) electrons. The van der Waals surface area contributed by atoms with E-state index in [1.165, 1.54) is 12.1 Å². The number of nitrogens with one attached hydrogen (secondary N) is 1. The zero-order chi connectivity index (χ0) is 14.0. The van der Waals surface area contributed by atoms with E-state index in [-0.39, 0.29) is 23.9 Å². The van der Waals surface area contributed by atoms with Crippen LogP contribution in [0.15, 0.2) is 24.3 Å². The van der Waals surface area contributed by atoms with Crippen molar-refractivity contribution in [2.24, 2.45) is 5.92 Å². The van der Waals surface area contributed by atoms with E-state index < -0.39 is 0 Å². The molecule has 0 aromatic heterocycles. The van der Waals surface area contributed by atoms with Gasteiger partial charge in [-0.05, 0) is 37.0 Å². The van der Waals surface area contributed by atoms with Crippen LogP contribution in [-0.4, -0.2) is 23.4 Å². The summed E-state index contributed by atoms with van der Waals surface area (Å²) in [4.78, 5) is 13.9. The topological polar surface area (TPSA) is 32.3 Å². The zero-order valence-corrected chi connectivity index (χ0v) is 11.7. The van der Waals surface area contributed by atoms with Gasteiger partial charge >= 0.3 is 0 Å². The molecule has 1 amide bonds. The van der Waals surface area contributed by atoms with Crippen LogP contribution < -0.4 is 5.32 Å². The molecule has 2 atom stereocenters. The van der Waals surface area contributed by atoms with Crippen molar-refractivity contribution in [2.75, 3.05) is 6.54 Å². The molecule has 104 valence electrons. The molecule has 19 heavy (non-hydrogen) atoms. The molecule has 0 saturated carbocycles. The Morgan fingerprint density at radius 2 is 1.95 bits per heavy atom. The van der Waals surface area contributed by atoms with Crippen molar-refractivity contribution < 1.29 is 9.18 Å². The fourth-order valence-corrected chi connectivity index (χ4v) is 2.74. The maximum Gasteiger partial charge on any atom is 0.238 e. The number of hydrogen-bond donors (Lipinski definition) is 1. The highest BCUT2D eigenvalue weighted by atomic mass is 19.1. The lowest BCUT2D eigenvalue weighted by atomic mass is 10.0. The van der Waals surface area contributed by atoms with E-state index in [9.17, 15) is 9.18 Å². The number of nitrogens with zero attached hydrogens (tertiary/aromatic N) is 1. The quantitative estimate of drug-likeness (QED) is 0.907. The first kappa shape index (κ1) is 14.0. The first-order chi connectivity index (χ1) is 8.99. The molecule has 0 aliphatic carbocycles. The van der Waals surface area contributed by atoms with Gasteiger partial charge in [0.2, 0.25) is 5.91 Å². The smallest absolute Gasteiger partial charge is 0.238 e. The Morgan fingerprint density at radius 3 is 2.53 bits per heavy atom. The van der Waals surface area contributed by atoms with Crippen LogP contribution in [0.25, 0.3) is 0 Å². The first-order valence-corrected chi connectivity index (χ1v) is 6.79. The molecule has 1 fully saturated rings. The van der Waals surface area contributed by atoms with Crippen molar-refractivity contribution in [2.45, 2.75) is 39.4 Å². The van der Waals surface area contributed by atoms with Crippen LogP contribution >= 0.6 is 0 Å². The monoisotopic (exact) mass is 264 g/mol. The van der Waals surface area contributed by atoms with Crippen molar-refractivity contribution in [3.63, 3.8) is 0 Å². The van der Waals surface area contributed by atoms with Crippen LogP contribution in [0.2, 0.25) is 0 Å². The minimum absolute atomic E-state index is 0.113. The molecule has 3 nitrogen and oxygen atoms in total. The van der Waals surface area contributed by atoms with Gasteiger partial charge in [-0.15, -0.1) is 0 Å². The average molecular weight is 264 g/mol. The van der Waals surface area contributed by atoms with Crippen LogP contribution in [0, 0.1) is 11.7 Å². The summed E-state index contributed by atoms with van der Waals surface area (Å²) in [6, 6.07) is 6.52. The van der Waals surface area contributed by atoms with Gasteiger partial charge in [0.1, 0.15) is 12.0 Å². The second-order valence-corrected chi connectivity index (χ2v) is 5.61. The Labute approximate surface area is 113 Å². The third-order valence-corrected chi connectivity index (χ3v) is 3.49. The molecule has 2 unspecified atom stereocenters. The van der Waals surface area contributed by atoms with E-state index >= 15 is 0 Å². The molecule has 4 heteroatoms. The molecule has 1 saturated heterocycles. The predicted octanol–water partition coefficient (Wildman–Crippen LogP) is 2.69. The van der Waals surface area contributed by atoms with Crippen molar-refractivity contribution in [1.82, 2.24) is 10.2 Å². The molecule has 1 aromatic carbocycles. The lowest BCUT2D eigenvalue weighted by molar-refractivity contribution is -0.130. The van der Waals surface area contributed by atoms with Gasteiger partial charge in [-0.2, -0.15) is 0 Å². The highest BCUT2D eigenvalue weighted by Gasteiger charge is 2.34. The van der Waals surface area contributed by atoms with Gasteiger partial charge in [0.15, 0.2) is 0 Å². The highest BCUT2D eigenvalue weighted by molar-refractivity contribution is 5.81. The van der Waals surface area contributed by atoms with Gasteiger partial charge in [0, 0.05) is 6.04 Å². The Kier molecular flexibility index (Phi) is 4.20. The number of hydrogen-bond acceptors (Lipinski definition) is 2. The van der Waals surface area contributed by atoms with Gasteiger partial charge in [-0.3, -0.25) is 10.1 Å². The standard InChI is InChI=1S/C15H21FN2O/c1-10(2)8-11(3)18-14(19)9-17-15(18)12-4-6-13(16)7-5-12/h4-7,10-11,15,17H,8-9H2,1-3H3. The molecule has 1 aliphatic heterocycles. The summed E-state index contributed by atoms with van der Waals surface area (Å²) in [5, 5.41) is 3.20. The summed E-state index contributed by atoms with van der Waals surface area (Å²) in [7, 11) is 0. The van der Waals surface area contributed by atoms with E-state index in [0.717, 1.165) is 12.0 Å². The van der Waals surface area contributed by atoms with E-state index in [1.54, 1.807) is 12.1 Å². The number of rotatable bonds is 4. The predicted molar refractivity (Wildman–Crippen MR) is 72.9 cm³/mol. The summed E-state index contributed by atoms with van der Waals surface area (Å²) in [5.41, 5.74) is 0.933. The molecule has 1 N–H and O–H groups in total. The van der Waals surface area contributed by atoms with Gasteiger partial charge in [-0.25, -0.2) is 4.39 Å². The normalized spacial score (nSPS) is 21.2. The van der Waals surface area contributed by atoms with Gasteiger partial charge < -0.3 is 4.90 Å². The second-order valence-electron chi connectivity index (χ2n) is 5.61. The first-order valence-electron chi connectivity index (χ1n) is 6.79. The van der Waals surface area contributed by atoms with Crippen molar-refractivity contribution in [3.8, 4) is 0 Å². The summed E-state index contributed by atoms with van der Waals surface area (Å²) in [5.74, 6) is 0.398. The maximum atomic E-state index is 13.0. The van der Waals surface area contributed by atoms with Crippen LogP contribution in [0.4, 0.5) is 4.39 Å². The minimum atomic E-state index is -0.255. The molecular weight excluding hydrogens is 243 g/mol. The molecule has 0 bridgehead atoms. The number of carbonyl (C=O) groups excluding carboxylic acids is 1. The fourth-order valence-electron chi connectivity index (χ4n) is 2.74. The van der Waals surface area contributed by atoms with E-state index in [0.29, 0.717) is 12.5 Å². The van der Waals surface area contributed by atoms with Crippen LogP contribution in [0.5, 0.6) is 0 Å². The van der Waals surface area contributed by atoms with Crippen molar-refractivity contribution in [1.29, 1.82) is 0 Å². The molecule has 1 heterocycles. The summed E-state index contributed by atoms with van der Waals surface area (Å²) in [6.07, 6.45) is 0.826. The largest absolute Gasteiger partial charge is 0.319 e. The Bertz CT molecular complexity index is 444. The second kappa shape index (κ2) is 5.70. The van der Waals surface area contributed by atoms with Crippen molar-refractivity contribution in [3.05, 3.63) is 35.6 Å². The number of benzene rings is 1. The number of carbonyl (C=O) groups is 1. The highest BCUT2D eigenvalue weighted by Crippen LogP contribution is 2.27. The summed E-state index contributed by atoms with van der Waals surface area (Å²) >= 11 is 0. The summed E-state index contributed by atoms with van der Waals surface area (Å²) < 4.78 is 13.0. The fraction of sp³-hybridized carbons (Fsp3) is 0.533. The van der Waals surface area contributed by atoms with E-state index in [4.69, 9.17) is 0 Å². The molecule has 1 aromatic rings. The molecule has 1 aliphatic rings. The minimum Gasteiger partial charge on any atom is -0.319 e. The molecule has 0 spiro atoms. The molecule has 2 rings (SSSR count).